The first kappa shape index (κ1) is 12.5. The van der Waals surface area contributed by atoms with Gasteiger partial charge in [0.15, 0.2) is 0 Å². The van der Waals surface area contributed by atoms with Gasteiger partial charge in [0, 0.05) is 20.2 Å². The summed E-state index contributed by atoms with van der Waals surface area (Å²) >= 11 is 0. The summed E-state index contributed by atoms with van der Waals surface area (Å²) in [6.07, 6.45) is 3.46. The number of carbonyl (C=O) groups excluding carboxylic acids is 1. The summed E-state index contributed by atoms with van der Waals surface area (Å²) in [6.45, 7) is 6.30. The summed E-state index contributed by atoms with van der Waals surface area (Å²) in [5.41, 5.74) is 4.92. The van der Waals surface area contributed by atoms with Gasteiger partial charge in [-0.05, 0) is 49.1 Å². The fraction of sp³-hybridized carbons (Fsp3) is 0.357. The lowest BCUT2D eigenvalue weighted by Gasteiger charge is -2.07. The highest BCUT2D eigenvalue weighted by atomic mass is 16.2. The van der Waals surface area contributed by atoms with Crippen molar-refractivity contribution in [2.24, 2.45) is 0 Å². The van der Waals surface area contributed by atoms with E-state index in [4.69, 9.17) is 0 Å². The fourth-order valence-corrected chi connectivity index (χ4v) is 1.48. The van der Waals surface area contributed by atoms with Crippen molar-refractivity contribution in [3.63, 3.8) is 0 Å². The SMILES string of the molecule is Cc1cc(/C=C/C(=O)N(C)C)cc(C)c1C. The second-order valence-electron chi connectivity index (χ2n) is 4.35. The zero-order valence-electron chi connectivity index (χ0n) is 10.7. The first-order valence-corrected chi connectivity index (χ1v) is 5.39. The van der Waals surface area contributed by atoms with Gasteiger partial charge in [-0.25, -0.2) is 0 Å². The Morgan fingerprint density at radius 2 is 1.62 bits per heavy atom. The highest BCUT2D eigenvalue weighted by molar-refractivity contribution is 5.91. The Morgan fingerprint density at radius 1 is 1.12 bits per heavy atom. The predicted octanol–water partition coefficient (Wildman–Crippen LogP) is 2.71. The summed E-state index contributed by atoms with van der Waals surface area (Å²) in [5.74, 6) is 0.0101. The third kappa shape index (κ3) is 2.96. The highest BCUT2D eigenvalue weighted by Crippen LogP contribution is 2.16. The van der Waals surface area contributed by atoms with Crippen molar-refractivity contribution in [3.8, 4) is 0 Å². The van der Waals surface area contributed by atoms with E-state index >= 15 is 0 Å². The molecule has 0 radical (unpaired) electrons. The fourth-order valence-electron chi connectivity index (χ4n) is 1.48. The lowest BCUT2D eigenvalue weighted by molar-refractivity contribution is -0.123. The van der Waals surface area contributed by atoms with E-state index < -0.39 is 0 Å². The average molecular weight is 217 g/mol. The second kappa shape index (κ2) is 4.97. The molecule has 1 aromatic rings. The largest absolute Gasteiger partial charge is 0.345 e. The van der Waals surface area contributed by atoms with Gasteiger partial charge in [-0.1, -0.05) is 12.1 Å². The van der Waals surface area contributed by atoms with Crippen LogP contribution in [0.15, 0.2) is 18.2 Å². The van der Waals surface area contributed by atoms with Gasteiger partial charge in [-0.15, -0.1) is 0 Å². The van der Waals surface area contributed by atoms with Gasteiger partial charge in [0.1, 0.15) is 0 Å². The molecule has 0 aromatic heterocycles. The molecular weight excluding hydrogens is 198 g/mol. The molecule has 16 heavy (non-hydrogen) atoms. The molecular formula is C14H19NO. The summed E-state index contributed by atoms with van der Waals surface area (Å²) in [5, 5.41) is 0. The number of rotatable bonds is 2. The van der Waals surface area contributed by atoms with E-state index in [1.807, 2.05) is 6.08 Å². The van der Waals surface area contributed by atoms with Gasteiger partial charge >= 0.3 is 0 Å². The summed E-state index contributed by atoms with van der Waals surface area (Å²) in [6, 6.07) is 4.20. The van der Waals surface area contributed by atoms with E-state index in [1.54, 1.807) is 25.1 Å². The normalized spacial score (nSPS) is 10.8. The Labute approximate surface area is 97.6 Å². The van der Waals surface area contributed by atoms with Crippen molar-refractivity contribution in [2.75, 3.05) is 14.1 Å². The number of benzene rings is 1. The molecule has 0 bridgehead atoms. The van der Waals surface area contributed by atoms with Crippen molar-refractivity contribution >= 4 is 12.0 Å². The van der Waals surface area contributed by atoms with Gasteiger partial charge in [0.2, 0.25) is 5.91 Å². The molecule has 0 aliphatic rings. The van der Waals surface area contributed by atoms with Crippen molar-refractivity contribution in [1.82, 2.24) is 4.90 Å². The molecule has 1 amide bonds. The molecule has 0 spiro atoms. The molecule has 86 valence electrons. The Kier molecular flexibility index (Phi) is 3.88. The Bertz CT molecular complexity index is 407. The van der Waals surface area contributed by atoms with E-state index in [1.165, 1.54) is 16.7 Å². The zero-order valence-corrected chi connectivity index (χ0v) is 10.7. The lowest BCUT2D eigenvalue weighted by atomic mass is 10.0. The summed E-state index contributed by atoms with van der Waals surface area (Å²) in [4.78, 5) is 13.0. The Hall–Kier alpha value is -1.57. The maximum Gasteiger partial charge on any atom is 0.246 e. The van der Waals surface area contributed by atoms with E-state index in [9.17, 15) is 4.79 Å². The number of hydrogen-bond donors (Lipinski definition) is 0. The van der Waals surface area contributed by atoms with Crippen LogP contribution in [0, 0.1) is 20.8 Å². The van der Waals surface area contributed by atoms with Crippen LogP contribution in [-0.2, 0) is 4.79 Å². The molecule has 0 heterocycles. The highest BCUT2D eigenvalue weighted by Gasteiger charge is 2.00. The maximum absolute atomic E-state index is 11.4. The van der Waals surface area contributed by atoms with Crippen molar-refractivity contribution < 1.29 is 4.79 Å². The number of aryl methyl sites for hydroxylation is 2. The number of amides is 1. The quantitative estimate of drug-likeness (QED) is 0.697. The van der Waals surface area contributed by atoms with Crippen molar-refractivity contribution in [3.05, 3.63) is 40.5 Å². The molecule has 0 aliphatic carbocycles. The van der Waals surface area contributed by atoms with E-state index in [2.05, 4.69) is 32.9 Å². The Balaban J connectivity index is 2.95. The molecule has 1 rings (SSSR count). The van der Waals surface area contributed by atoms with Crippen molar-refractivity contribution in [2.45, 2.75) is 20.8 Å². The molecule has 0 unspecified atom stereocenters. The van der Waals surface area contributed by atoms with Crippen LogP contribution >= 0.6 is 0 Å². The molecule has 0 saturated heterocycles. The minimum atomic E-state index is 0.0101. The van der Waals surface area contributed by atoms with Crippen LogP contribution in [0.25, 0.3) is 6.08 Å². The minimum absolute atomic E-state index is 0.0101. The third-order valence-corrected chi connectivity index (χ3v) is 2.81. The third-order valence-electron chi connectivity index (χ3n) is 2.81. The first-order valence-electron chi connectivity index (χ1n) is 5.39. The van der Waals surface area contributed by atoms with Gasteiger partial charge in [-0.3, -0.25) is 4.79 Å². The van der Waals surface area contributed by atoms with Crippen molar-refractivity contribution in [1.29, 1.82) is 0 Å². The van der Waals surface area contributed by atoms with Crippen LogP contribution in [-0.4, -0.2) is 24.9 Å². The predicted molar refractivity (Wildman–Crippen MR) is 68.4 cm³/mol. The van der Waals surface area contributed by atoms with Crippen LogP contribution < -0.4 is 0 Å². The zero-order chi connectivity index (χ0) is 12.3. The van der Waals surface area contributed by atoms with Crippen LogP contribution in [0.3, 0.4) is 0 Å². The lowest BCUT2D eigenvalue weighted by Crippen LogP contribution is -2.18. The molecule has 0 saturated carbocycles. The number of hydrogen-bond acceptors (Lipinski definition) is 1. The minimum Gasteiger partial charge on any atom is -0.345 e. The second-order valence-corrected chi connectivity index (χ2v) is 4.35. The van der Waals surface area contributed by atoms with E-state index in [0.29, 0.717) is 0 Å². The number of nitrogens with zero attached hydrogens (tertiary/aromatic N) is 1. The van der Waals surface area contributed by atoms with Crippen LogP contribution in [0.5, 0.6) is 0 Å². The van der Waals surface area contributed by atoms with Crippen LogP contribution in [0.1, 0.15) is 22.3 Å². The smallest absolute Gasteiger partial charge is 0.246 e. The van der Waals surface area contributed by atoms with E-state index in [-0.39, 0.29) is 5.91 Å². The average Bonchev–Trinajstić information content (AvgIpc) is 2.22. The van der Waals surface area contributed by atoms with Gasteiger partial charge < -0.3 is 4.90 Å². The van der Waals surface area contributed by atoms with Crippen LogP contribution in [0.4, 0.5) is 0 Å². The van der Waals surface area contributed by atoms with E-state index in [0.717, 1.165) is 5.56 Å². The first-order chi connectivity index (χ1) is 7.41. The maximum atomic E-state index is 11.4. The van der Waals surface area contributed by atoms with Crippen LogP contribution in [0.2, 0.25) is 0 Å². The molecule has 2 nitrogen and oxygen atoms in total. The number of likely N-dealkylation sites (N-methyl/N-ethyl adjacent to an activating group) is 1. The molecule has 0 aliphatic heterocycles. The number of carbonyl (C=O) groups is 1. The molecule has 0 atom stereocenters. The monoisotopic (exact) mass is 217 g/mol. The van der Waals surface area contributed by atoms with Gasteiger partial charge in [-0.2, -0.15) is 0 Å². The van der Waals surface area contributed by atoms with Gasteiger partial charge in [0.25, 0.3) is 0 Å². The Morgan fingerprint density at radius 3 is 2.06 bits per heavy atom. The molecule has 0 N–H and O–H groups in total. The van der Waals surface area contributed by atoms with Gasteiger partial charge in [0.05, 0.1) is 0 Å². The standard InChI is InChI=1S/C14H19NO/c1-10-8-13(9-11(2)12(10)3)6-7-14(16)15(4)5/h6-9H,1-5H3/b7-6+. The molecule has 2 heteroatoms. The molecule has 0 fully saturated rings. The topological polar surface area (TPSA) is 20.3 Å². The summed E-state index contributed by atoms with van der Waals surface area (Å²) < 4.78 is 0. The molecule has 1 aromatic carbocycles. The summed E-state index contributed by atoms with van der Waals surface area (Å²) in [7, 11) is 3.50.